The van der Waals surface area contributed by atoms with Crippen molar-refractivity contribution in [2.45, 2.75) is 13.5 Å². The number of halogens is 1. The Morgan fingerprint density at radius 1 is 1.15 bits per heavy atom. The summed E-state index contributed by atoms with van der Waals surface area (Å²) in [5.41, 5.74) is 1.50. The van der Waals surface area contributed by atoms with E-state index in [4.69, 9.17) is 4.52 Å². The molecule has 1 amide bonds. The number of piperazine rings is 1. The first-order valence-corrected chi connectivity index (χ1v) is 10.4. The summed E-state index contributed by atoms with van der Waals surface area (Å²) in [5.74, 6) is 1.14. The number of hydrogen-bond acceptors (Lipinski definition) is 6. The van der Waals surface area contributed by atoms with Crippen molar-refractivity contribution in [3.63, 3.8) is 0 Å². The SMILES string of the molecule is Cc1noc(-c2ccc(C(=O)N3CCN(Cc4ccc(Br)s4)CC3)cc2)n1. The molecule has 1 aliphatic heterocycles. The minimum atomic E-state index is 0.0711. The number of benzene rings is 1. The predicted molar refractivity (Wildman–Crippen MR) is 108 cm³/mol. The third-order valence-corrected chi connectivity index (χ3v) is 6.18. The van der Waals surface area contributed by atoms with Crippen LogP contribution in [0, 0.1) is 6.92 Å². The van der Waals surface area contributed by atoms with Crippen molar-refractivity contribution in [3.05, 3.63) is 56.4 Å². The molecule has 0 atom stereocenters. The Kier molecular flexibility index (Phi) is 5.38. The number of aromatic nitrogens is 2. The van der Waals surface area contributed by atoms with Crippen LogP contribution in [0.4, 0.5) is 0 Å². The number of carbonyl (C=O) groups excluding carboxylic acids is 1. The standard InChI is InChI=1S/C19H19BrN4O2S/c1-13-21-18(26-22-13)14-2-4-15(5-3-14)19(25)24-10-8-23(9-11-24)12-16-6-7-17(20)27-16/h2-7H,8-12H2,1H3. The first-order chi connectivity index (χ1) is 13.1. The summed E-state index contributed by atoms with van der Waals surface area (Å²) in [6.45, 7) is 5.99. The number of hydrogen-bond donors (Lipinski definition) is 0. The monoisotopic (exact) mass is 446 g/mol. The molecule has 6 nitrogen and oxygen atoms in total. The number of nitrogens with zero attached hydrogens (tertiary/aromatic N) is 4. The fourth-order valence-corrected chi connectivity index (χ4v) is 4.64. The van der Waals surface area contributed by atoms with Crippen molar-refractivity contribution >= 4 is 33.2 Å². The lowest BCUT2D eigenvalue weighted by Crippen LogP contribution is -2.48. The molecule has 0 radical (unpaired) electrons. The fraction of sp³-hybridized carbons (Fsp3) is 0.316. The van der Waals surface area contributed by atoms with Crippen molar-refractivity contribution in [1.82, 2.24) is 19.9 Å². The number of aryl methyl sites for hydroxylation is 1. The van der Waals surface area contributed by atoms with E-state index in [-0.39, 0.29) is 5.91 Å². The van der Waals surface area contributed by atoms with E-state index in [9.17, 15) is 4.79 Å². The molecular weight excluding hydrogens is 428 g/mol. The highest BCUT2D eigenvalue weighted by molar-refractivity contribution is 9.11. The van der Waals surface area contributed by atoms with Crippen LogP contribution in [-0.2, 0) is 6.54 Å². The van der Waals surface area contributed by atoms with Gasteiger partial charge in [-0.3, -0.25) is 9.69 Å². The van der Waals surface area contributed by atoms with Crippen molar-refractivity contribution in [3.8, 4) is 11.5 Å². The second-order valence-corrected chi connectivity index (χ2v) is 9.05. The second kappa shape index (κ2) is 7.92. The molecule has 0 unspecified atom stereocenters. The topological polar surface area (TPSA) is 62.5 Å². The van der Waals surface area contributed by atoms with Crippen LogP contribution in [0.25, 0.3) is 11.5 Å². The lowest BCUT2D eigenvalue weighted by atomic mass is 10.1. The molecule has 2 aromatic heterocycles. The zero-order valence-electron chi connectivity index (χ0n) is 14.9. The summed E-state index contributed by atoms with van der Waals surface area (Å²) in [5, 5.41) is 3.79. The van der Waals surface area contributed by atoms with Gasteiger partial charge >= 0.3 is 0 Å². The molecule has 1 aromatic carbocycles. The first kappa shape index (κ1) is 18.3. The molecule has 0 spiro atoms. The van der Waals surface area contributed by atoms with Crippen molar-refractivity contribution in [2.75, 3.05) is 26.2 Å². The van der Waals surface area contributed by atoms with Gasteiger partial charge in [0.25, 0.3) is 11.8 Å². The van der Waals surface area contributed by atoms with Crippen LogP contribution >= 0.6 is 27.3 Å². The minimum Gasteiger partial charge on any atom is -0.336 e. The summed E-state index contributed by atoms with van der Waals surface area (Å²) in [6, 6.07) is 11.6. The Balaban J connectivity index is 1.35. The zero-order chi connectivity index (χ0) is 18.8. The molecule has 3 heterocycles. The Bertz CT molecular complexity index is 929. The summed E-state index contributed by atoms with van der Waals surface area (Å²) in [6.07, 6.45) is 0. The molecule has 8 heteroatoms. The van der Waals surface area contributed by atoms with Crippen molar-refractivity contribution in [1.29, 1.82) is 0 Å². The van der Waals surface area contributed by atoms with E-state index < -0.39 is 0 Å². The molecule has 3 aromatic rings. The Morgan fingerprint density at radius 3 is 2.48 bits per heavy atom. The lowest BCUT2D eigenvalue weighted by molar-refractivity contribution is 0.0629. The van der Waals surface area contributed by atoms with Crippen molar-refractivity contribution < 1.29 is 9.32 Å². The molecule has 0 N–H and O–H groups in total. The Hall–Kier alpha value is -2.03. The largest absolute Gasteiger partial charge is 0.336 e. The molecule has 0 aliphatic carbocycles. The van der Waals surface area contributed by atoms with E-state index in [1.165, 1.54) is 4.88 Å². The molecule has 27 heavy (non-hydrogen) atoms. The van der Waals surface area contributed by atoms with Crippen molar-refractivity contribution in [2.24, 2.45) is 0 Å². The third-order valence-electron chi connectivity index (χ3n) is 4.57. The van der Waals surface area contributed by atoms with Crippen LogP contribution in [0.15, 0.2) is 44.7 Å². The molecule has 4 rings (SSSR count). The molecule has 0 saturated carbocycles. The van der Waals surface area contributed by atoms with E-state index in [1.807, 2.05) is 29.2 Å². The maximum Gasteiger partial charge on any atom is 0.257 e. The summed E-state index contributed by atoms with van der Waals surface area (Å²) < 4.78 is 6.32. The number of carbonyl (C=O) groups is 1. The van der Waals surface area contributed by atoms with Gasteiger partial charge in [-0.25, -0.2) is 0 Å². The van der Waals surface area contributed by atoms with E-state index in [1.54, 1.807) is 18.3 Å². The van der Waals surface area contributed by atoms with Crippen LogP contribution in [-0.4, -0.2) is 52.0 Å². The highest BCUT2D eigenvalue weighted by Crippen LogP contribution is 2.24. The van der Waals surface area contributed by atoms with E-state index in [0.29, 0.717) is 17.3 Å². The summed E-state index contributed by atoms with van der Waals surface area (Å²) in [7, 11) is 0. The smallest absolute Gasteiger partial charge is 0.257 e. The van der Waals surface area contributed by atoms with Crippen LogP contribution in [0.1, 0.15) is 21.1 Å². The van der Waals surface area contributed by atoms with E-state index in [0.717, 1.165) is 42.1 Å². The van der Waals surface area contributed by atoms with Gasteiger partial charge in [0.2, 0.25) is 0 Å². The van der Waals surface area contributed by atoms with Gasteiger partial charge in [-0.2, -0.15) is 4.98 Å². The average Bonchev–Trinajstić information content (AvgIpc) is 3.30. The van der Waals surface area contributed by atoms with Gasteiger partial charge in [0.15, 0.2) is 5.82 Å². The minimum absolute atomic E-state index is 0.0711. The Labute approximate surface area is 169 Å². The van der Waals surface area contributed by atoms with Gasteiger partial charge in [0.05, 0.1) is 3.79 Å². The molecule has 0 bridgehead atoms. The third kappa shape index (κ3) is 4.28. The highest BCUT2D eigenvalue weighted by Gasteiger charge is 2.22. The molecule has 1 aliphatic rings. The maximum atomic E-state index is 12.8. The highest BCUT2D eigenvalue weighted by atomic mass is 79.9. The molecule has 1 saturated heterocycles. The number of amides is 1. The van der Waals surface area contributed by atoms with Crippen LogP contribution in [0.5, 0.6) is 0 Å². The lowest BCUT2D eigenvalue weighted by Gasteiger charge is -2.34. The average molecular weight is 447 g/mol. The first-order valence-electron chi connectivity index (χ1n) is 8.75. The maximum absolute atomic E-state index is 12.8. The van der Waals surface area contributed by atoms with E-state index in [2.05, 4.69) is 43.1 Å². The van der Waals surface area contributed by atoms with Gasteiger partial charge in [-0.05, 0) is 59.3 Å². The summed E-state index contributed by atoms with van der Waals surface area (Å²) in [4.78, 5) is 22.6. The van der Waals surface area contributed by atoms with Gasteiger partial charge < -0.3 is 9.42 Å². The zero-order valence-corrected chi connectivity index (χ0v) is 17.3. The normalized spacial score (nSPS) is 15.3. The van der Waals surface area contributed by atoms with Crippen LogP contribution in [0.2, 0.25) is 0 Å². The quantitative estimate of drug-likeness (QED) is 0.609. The van der Waals surface area contributed by atoms with Gasteiger partial charge in [-0.1, -0.05) is 5.16 Å². The van der Waals surface area contributed by atoms with E-state index >= 15 is 0 Å². The fourth-order valence-electron chi connectivity index (χ4n) is 3.12. The van der Waals surface area contributed by atoms with Gasteiger partial charge in [0.1, 0.15) is 0 Å². The predicted octanol–water partition coefficient (Wildman–Crippen LogP) is 3.83. The second-order valence-electron chi connectivity index (χ2n) is 6.50. The van der Waals surface area contributed by atoms with Gasteiger partial charge in [-0.15, -0.1) is 11.3 Å². The molecule has 140 valence electrons. The van der Waals surface area contributed by atoms with Gasteiger partial charge in [0, 0.05) is 48.7 Å². The Morgan fingerprint density at radius 2 is 1.89 bits per heavy atom. The number of rotatable bonds is 4. The van der Waals surface area contributed by atoms with Crippen LogP contribution in [0.3, 0.4) is 0 Å². The number of thiophene rings is 1. The molecule has 1 fully saturated rings. The summed E-state index contributed by atoms with van der Waals surface area (Å²) >= 11 is 5.27. The molecular formula is C19H19BrN4O2S. The van der Waals surface area contributed by atoms with Crippen LogP contribution < -0.4 is 0 Å².